The fraction of sp³-hybridized carbons (Fsp3) is 0.500. The van der Waals surface area contributed by atoms with Gasteiger partial charge in [-0.1, -0.05) is 12.0 Å². The Morgan fingerprint density at radius 2 is 1.92 bits per heavy atom. The third-order valence-electron chi connectivity index (χ3n) is 5.05. The van der Waals surface area contributed by atoms with Crippen molar-refractivity contribution in [3.63, 3.8) is 0 Å². The Labute approximate surface area is 147 Å². The number of piperidine rings is 1. The molecule has 0 atom stereocenters. The summed E-state index contributed by atoms with van der Waals surface area (Å²) in [7, 11) is 0. The van der Waals surface area contributed by atoms with E-state index >= 15 is 0 Å². The molecule has 0 spiro atoms. The highest BCUT2D eigenvalue weighted by atomic mass is 16.4. The van der Waals surface area contributed by atoms with Crippen molar-refractivity contribution in [2.45, 2.75) is 32.2 Å². The number of amides is 1. The van der Waals surface area contributed by atoms with Crippen LogP contribution in [0.1, 0.15) is 26.2 Å². The number of hydrogen-bond acceptors (Lipinski definition) is 6. The smallest absolute Gasteiger partial charge is 0.318 e. The van der Waals surface area contributed by atoms with Crippen LogP contribution >= 0.6 is 0 Å². The minimum atomic E-state index is -0.000373. The largest absolute Gasteiger partial charge is 0.403 e. The molecule has 132 valence electrons. The summed E-state index contributed by atoms with van der Waals surface area (Å²) in [6, 6.07) is 8.61. The van der Waals surface area contributed by atoms with Crippen LogP contribution < -0.4 is 10.2 Å². The lowest BCUT2D eigenvalue weighted by molar-refractivity contribution is -0.115. The van der Waals surface area contributed by atoms with Crippen molar-refractivity contribution in [1.29, 1.82) is 0 Å². The second kappa shape index (κ2) is 6.84. The van der Waals surface area contributed by atoms with Crippen LogP contribution in [0.3, 0.4) is 0 Å². The molecular weight excluding hydrogens is 318 g/mol. The predicted molar refractivity (Wildman–Crippen MR) is 95.5 cm³/mol. The normalized spacial score (nSPS) is 22.7. The van der Waals surface area contributed by atoms with Crippen molar-refractivity contribution >= 4 is 17.6 Å². The molecule has 5 rings (SSSR count). The number of anilines is 2. The standard InChI is InChI=1S/C18H23N5O2/c1-2-16(24)19-14-5-3-13(4-6-14)17-20-21-18(25-17)23-12-11-22-9-7-15(23)8-10-22/h3-6,15H,2,7-12H2,1H3,(H,19,24). The van der Waals surface area contributed by atoms with Gasteiger partial charge in [0.25, 0.3) is 0 Å². The average Bonchev–Trinajstić information content (AvgIpc) is 2.94. The van der Waals surface area contributed by atoms with Crippen molar-refractivity contribution in [2.24, 2.45) is 0 Å². The maximum absolute atomic E-state index is 11.4. The Hall–Kier alpha value is -2.41. The van der Waals surface area contributed by atoms with Gasteiger partial charge in [0, 0.05) is 49.9 Å². The SMILES string of the molecule is CCC(=O)Nc1ccc(-c2nnc(N3CCN4CCC3CC4)o2)cc1. The summed E-state index contributed by atoms with van der Waals surface area (Å²) in [5.41, 5.74) is 1.63. The van der Waals surface area contributed by atoms with Gasteiger partial charge in [-0.2, -0.15) is 0 Å². The van der Waals surface area contributed by atoms with Crippen molar-refractivity contribution in [3.05, 3.63) is 24.3 Å². The molecule has 0 unspecified atom stereocenters. The second-order valence-electron chi connectivity index (χ2n) is 6.64. The molecule has 3 saturated heterocycles. The van der Waals surface area contributed by atoms with Gasteiger partial charge in [-0.15, -0.1) is 5.10 Å². The molecule has 0 radical (unpaired) electrons. The molecule has 1 amide bonds. The zero-order valence-corrected chi connectivity index (χ0v) is 14.4. The Bertz CT molecular complexity index is 734. The third kappa shape index (κ3) is 3.37. The lowest BCUT2D eigenvalue weighted by Gasteiger charge is -2.29. The van der Waals surface area contributed by atoms with Gasteiger partial charge < -0.3 is 19.5 Å². The molecule has 3 aliphatic heterocycles. The highest BCUT2D eigenvalue weighted by Gasteiger charge is 2.31. The number of nitrogens with one attached hydrogen (secondary N) is 1. The van der Waals surface area contributed by atoms with Crippen LogP contribution in [0.4, 0.5) is 11.7 Å². The van der Waals surface area contributed by atoms with Gasteiger partial charge in [0.05, 0.1) is 0 Å². The molecule has 7 nitrogen and oxygen atoms in total. The van der Waals surface area contributed by atoms with Crippen LogP contribution in [0.15, 0.2) is 28.7 Å². The van der Waals surface area contributed by atoms with E-state index < -0.39 is 0 Å². The molecular formula is C18H23N5O2. The van der Waals surface area contributed by atoms with Crippen molar-refractivity contribution in [3.8, 4) is 11.5 Å². The average molecular weight is 341 g/mol. The van der Waals surface area contributed by atoms with Gasteiger partial charge >= 0.3 is 6.01 Å². The maximum Gasteiger partial charge on any atom is 0.318 e. The molecule has 1 aromatic carbocycles. The topological polar surface area (TPSA) is 74.5 Å². The number of carbonyl (C=O) groups excluding carboxylic acids is 1. The number of aromatic nitrogens is 2. The van der Waals surface area contributed by atoms with Gasteiger partial charge in [-0.25, -0.2) is 0 Å². The van der Waals surface area contributed by atoms with E-state index in [4.69, 9.17) is 4.42 Å². The van der Waals surface area contributed by atoms with E-state index in [9.17, 15) is 4.79 Å². The minimum absolute atomic E-state index is 0.000373. The van der Waals surface area contributed by atoms with E-state index in [-0.39, 0.29) is 5.91 Å². The fourth-order valence-corrected chi connectivity index (χ4v) is 3.53. The van der Waals surface area contributed by atoms with E-state index in [0.717, 1.165) is 50.3 Å². The molecule has 1 aromatic heterocycles. The van der Waals surface area contributed by atoms with Crippen LogP contribution in [0.5, 0.6) is 0 Å². The van der Waals surface area contributed by atoms with Crippen LogP contribution in [-0.2, 0) is 4.79 Å². The Morgan fingerprint density at radius 3 is 2.64 bits per heavy atom. The number of carbonyl (C=O) groups is 1. The molecule has 2 bridgehead atoms. The number of hydrogen-bond donors (Lipinski definition) is 1. The Kier molecular flexibility index (Phi) is 4.40. The van der Waals surface area contributed by atoms with Crippen molar-refractivity contribution < 1.29 is 9.21 Å². The molecule has 0 aliphatic carbocycles. The first-order chi connectivity index (χ1) is 12.2. The lowest BCUT2D eigenvalue weighted by atomic mass is 10.1. The third-order valence-corrected chi connectivity index (χ3v) is 5.05. The molecule has 2 aromatic rings. The Morgan fingerprint density at radius 1 is 1.16 bits per heavy atom. The monoisotopic (exact) mass is 341 g/mol. The predicted octanol–water partition coefficient (Wildman–Crippen LogP) is 2.37. The molecule has 1 N–H and O–H groups in total. The minimum Gasteiger partial charge on any atom is -0.403 e. The highest BCUT2D eigenvalue weighted by Crippen LogP contribution is 2.28. The molecule has 4 heterocycles. The summed E-state index contributed by atoms with van der Waals surface area (Å²) >= 11 is 0. The van der Waals surface area contributed by atoms with Crippen LogP contribution in [0.2, 0.25) is 0 Å². The fourth-order valence-electron chi connectivity index (χ4n) is 3.53. The lowest BCUT2D eigenvalue weighted by Crippen LogP contribution is -2.38. The second-order valence-corrected chi connectivity index (χ2v) is 6.64. The maximum atomic E-state index is 11.4. The molecule has 7 heteroatoms. The molecule has 0 saturated carbocycles. The Balaban J connectivity index is 1.50. The van der Waals surface area contributed by atoms with Crippen molar-refractivity contribution in [1.82, 2.24) is 15.1 Å². The zero-order chi connectivity index (χ0) is 17.2. The first-order valence-electron chi connectivity index (χ1n) is 8.95. The van der Waals surface area contributed by atoms with Gasteiger partial charge in [-0.3, -0.25) is 4.79 Å². The summed E-state index contributed by atoms with van der Waals surface area (Å²) in [4.78, 5) is 16.2. The van der Waals surface area contributed by atoms with E-state index in [1.165, 1.54) is 0 Å². The van der Waals surface area contributed by atoms with Crippen LogP contribution in [-0.4, -0.2) is 53.2 Å². The number of benzene rings is 1. The van der Waals surface area contributed by atoms with E-state index in [1.54, 1.807) is 0 Å². The van der Waals surface area contributed by atoms with E-state index in [1.807, 2.05) is 31.2 Å². The van der Waals surface area contributed by atoms with Gasteiger partial charge in [-0.05, 0) is 37.1 Å². The molecule has 3 fully saturated rings. The summed E-state index contributed by atoms with van der Waals surface area (Å²) in [6.07, 6.45) is 2.77. The van der Waals surface area contributed by atoms with Crippen LogP contribution in [0, 0.1) is 0 Å². The zero-order valence-electron chi connectivity index (χ0n) is 14.4. The highest BCUT2D eigenvalue weighted by molar-refractivity contribution is 5.90. The summed E-state index contributed by atoms with van der Waals surface area (Å²) in [6.45, 7) is 6.14. The molecule has 25 heavy (non-hydrogen) atoms. The van der Waals surface area contributed by atoms with E-state index in [0.29, 0.717) is 24.4 Å². The quantitative estimate of drug-likeness (QED) is 0.920. The first-order valence-corrected chi connectivity index (χ1v) is 8.95. The first kappa shape index (κ1) is 16.1. The number of rotatable bonds is 4. The summed E-state index contributed by atoms with van der Waals surface area (Å²) in [5, 5.41) is 11.3. The van der Waals surface area contributed by atoms with Crippen molar-refractivity contribution in [2.75, 3.05) is 36.4 Å². The van der Waals surface area contributed by atoms with Gasteiger partial charge in [0.15, 0.2) is 0 Å². The molecule has 3 aliphatic rings. The summed E-state index contributed by atoms with van der Waals surface area (Å²) in [5.74, 6) is 0.516. The van der Waals surface area contributed by atoms with Gasteiger partial charge in [0.2, 0.25) is 11.8 Å². The van der Waals surface area contributed by atoms with Crippen LogP contribution in [0.25, 0.3) is 11.5 Å². The van der Waals surface area contributed by atoms with E-state index in [2.05, 4.69) is 25.3 Å². The number of nitrogens with zero attached hydrogens (tertiary/aromatic N) is 4. The number of fused-ring (bicyclic) bond motifs is 4. The summed E-state index contributed by atoms with van der Waals surface area (Å²) < 4.78 is 5.96. The van der Waals surface area contributed by atoms with Gasteiger partial charge in [0.1, 0.15) is 0 Å².